The van der Waals surface area contributed by atoms with Crippen LogP contribution in [0.1, 0.15) is 0 Å². The van der Waals surface area contributed by atoms with Gasteiger partial charge in [-0.1, -0.05) is 0 Å². The molecule has 0 fully saturated rings. The molecule has 0 aromatic rings. The number of hydrogen-bond donors (Lipinski definition) is 2. The fraction of sp³-hybridized carbons (Fsp3) is 1.00. The Kier molecular flexibility index (Phi) is 13.0. The Morgan fingerprint density at radius 1 is 0.750 bits per heavy atom. The van der Waals surface area contributed by atoms with Crippen LogP contribution in [0.25, 0.3) is 0 Å². The second kappa shape index (κ2) is 10.8. The Bertz CT molecular complexity index is 63.5. The average Bonchev–Trinajstić information content (AvgIpc) is 2.01. The zero-order valence-corrected chi connectivity index (χ0v) is 8.88. The minimum Gasteiger partial charge on any atom is -0.329 e. The molecule has 0 bridgehead atoms. The molecule has 0 atom stereocenters. The van der Waals surface area contributed by atoms with E-state index >= 15 is 0 Å². The van der Waals surface area contributed by atoms with Crippen LogP contribution in [0.5, 0.6) is 0 Å². The van der Waals surface area contributed by atoms with Crippen molar-refractivity contribution in [3.05, 3.63) is 0 Å². The summed E-state index contributed by atoms with van der Waals surface area (Å²) in [7, 11) is 8.35. The molecule has 76 valence electrons. The molecule has 0 aliphatic heterocycles. The van der Waals surface area contributed by atoms with Crippen molar-refractivity contribution in [1.82, 2.24) is 9.80 Å². The Morgan fingerprint density at radius 3 is 1.08 bits per heavy atom. The standard InChI is InChI=1S/C6H16N2.C2H8N2/c1-7(2)5-6-8(3)4;3-1-2-4/h5-6H2,1-4H3;1-4H2. The van der Waals surface area contributed by atoms with Crippen LogP contribution < -0.4 is 11.5 Å². The highest BCUT2D eigenvalue weighted by Gasteiger charge is 1.89. The lowest BCUT2D eigenvalue weighted by Crippen LogP contribution is -2.25. The van der Waals surface area contributed by atoms with Gasteiger partial charge in [0, 0.05) is 26.2 Å². The molecule has 12 heavy (non-hydrogen) atoms. The van der Waals surface area contributed by atoms with Crippen LogP contribution in [-0.4, -0.2) is 64.2 Å². The van der Waals surface area contributed by atoms with Crippen LogP contribution in [0.3, 0.4) is 0 Å². The lowest BCUT2D eigenvalue weighted by atomic mass is 10.5. The molecule has 0 unspecified atom stereocenters. The van der Waals surface area contributed by atoms with Crippen molar-refractivity contribution in [2.24, 2.45) is 11.5 Å². The van der Waals surface area contributed by atoms with Crippen molar-refractivity contribution in [1.29, 1.82) is 0 Å². The summed E-state index contributed by atoms with van der Waals surface area (Å²) >= 11 is 0. The van der Waals surface area contributed by atoms with E-state index in [4.69, 9.17) is 11.5 Å². The highest BCUT2D eigenvalue weighted by Crippen LogP contribution is 1.76. The molecule has 4 heteroatoms. The maximum atomic E-state index is 4.90. The van der Waals surface area contributed by atoms with E-state index in [0.717, 1.165) is 13.1 Å². The van der Waals surface area contributed by atoms with Crippen molar-refractivity contribution in [2.75, 3.05) is 54.4 Å². The first-order chi connectivity index (χ1) is 5.54. The van der Waals surface area contributed by atoms with E-state index in [-0.39, 0.29) is 0 Å². The van der Waals surface area contributed by atoms with Crippen LogP contribution in [0.4, 0.5) is 0 Å². The van der Waals surface area contributed by atoms with Gasteiger partial charge in [0.05, 0.1) is 0 Å². The van der Waals surface area contributed by atoms with E-state index in [1.165, 1.54) is 0 Å². The normalized spacial score (nSPS) is 10.0. The summed E-state index contributed by atoms with van der Waals surface area (Å²) in [5.74, 6) is 0. The first-order valence-electron chi connectivity index (χ1n) is 4.24. The lowest BCUT2D eigenvalue weighted by Gasteiger charge is -2.13. The van der Waals surface area contributed by atoms with Crippen molar-refractivity contribution in [3.63, 3.8) is 0 Å². The van der Waals surface area contributed by atoms with Crippen LogP contribution >= 0.6 is 0 Å². The topological polar surface area (TPSA) is 58.5 Å². The van der Waals surface area contributed by atoms with Gasteiger partial charge in [-0.25, -0.2) is 0 Å². The first kappa shape index (κ1) is 14.4. The molecule has 0 amide bonds. The van der Waals surface area contributed by atoms with Crippen molar-refractivity contribution < 1.29 is 0 Å². The Balaban J connectivity index is 0. The van der Waals surface area contributed by atoms with Gasteiger partial charge in [0.2, 0.25) is 0 Å². The van der Waals surface area contributed by atoms with Gasteiger partial charge < -0.3 is 21.3 Å². The van der Waals surface area contributed by atoms with Crippen molar-refractivity contribution in [2.45, 2.75) is 0 Å². The second-order valence-electron chi connectivity index (χ2n) is 3.18. The highest BCUT2D eigenvalue weighted by molar-refractivity contribution is 4.45. The van der Waals surface area contributed by atoms with Gasteiger partial charge in [-0.15, -0.1) is 0 Å². The summed E-state index contributed by atoms with van der Waals surface area (Å²) < 4.78 is 0. The Hall–Kier alpha value is -0.160. The molecular formula is C8H24N4. The van der Waals surface area contributed by atoms with E-state index in [1.54, 1.807) is 0 Å². The molecule has 0 saturated heterocycles. The fourth-order valence-electron chi connectivity index (χ4n) is 0.400. The molecule has 0 aromatic carbocycles. The molecule has 0 saturated carbocycles. The summed E-state index contributed by atoms with van der Waals surface area (Å²) in [4.78, 5) is 4.36. The van der Waals surface area contributed by atoms with E-state index in [9.17, 15) is 0 Å². The predicted octanol–water partition coefficient (Wildman–Crippen LogP) is -0.987. The van der Waals surface area contributed by atoms with Gasteiger partial charge in [0.15, 0.2) is 0 Å². The minimum atomic E-state index is 0.597. The molecular weight excluding hydrogens is 152 g/mol. The number of nitrogens with two attached hydrogens (primary N) is 2. The van der Waals surface area contributed by atoms with Gasteiger partial charge >= 0.3 is 0 Å². The second-order valence-corrected chi connectivity index (χ2v) is 3.18. The third-order valence-electron chi connectivity index (χ3n) is 1.16. The monoisotopic (exact) mass is 176 g/mol. The molecule has 0 spiro atoms. The molecule has 4 N–H and O–H groups in total. The summed E-state index contributed by atoms with van der Waals surface area (Å²) in [6.45, 7) is 3.49. The summed E-state index contributed by atoms with van der Waals surface area (Å²) in [5.41, 5.74) is 9.81. The van der Waals surface area contributed by atoms with E-state index in [0.29, 0.717) is 13.1 Å². The van der Waals surface area contributed by atoms with E-state index < -0.39 is 0 Å². The van der Waals surface area contributed by atoms with Gasteiger partial charge in [0.25, 0.3) is 0 Å². The molecule has 0 aliphatic rings. The van der Waals surface area contributed by atoms with Crippen molar-refractivity contribution >= 4 is 0 Å². The van der Waals surface area contributed by atoms with Crippen molar-refractivity contribution in [3.8, 4) is 0 Å². The highest BCUT2D eigenvalue weighted by atomic mass is 15.1. The van der Waals surface area contributed by atoms with Crippen LogP contribution in [-0.2, 0) is 0 Å². The summed E-state index contributed by atoms with van der Waals surface area (Å²) in [6.07, 6.45) is 0. The SMILES string of the molecule is CN(C)CCN(C)C.NCCN. The first-order valence-corrected chi connectivity index (χ1v) is 4.24. The van der Waals surface area contributed by atoms with Crippen LogP contribution in [0.15, 0.2) is 0 Å². The number of rotatable bonds is 4. The molecule has 4 nitrogen and oxygen atoms in total. The smallest absolute Gasteiger partial charge is 0.0103 e. The van der Waals surface area contributed by atoms with E-state index in [1.807, 2.05) is 0 Å². The lowest BCUT2D eigenvalue weighted by molar-refractivity contribution is 0.320. The van der Waals surface area contributed by atoms with Crippen LogP contribution in [0.2, 0.25) is 0 Å². The number of likely N-dealkylation sites (N-methyl/N-ethyl adjacent to an activating group) is 2. The zero-order chi connectivity index (χ0) is 9.98. The zero-order valence-electron chi connectivity index (χ0n) is 8.88. The average molecular weight is 176 g/mol. The molecule has 0 aromatic heterocycles. The fourth-order valence-corrected chi connectivity index (χ4v) is 0.400. The predicted molar refractivity (Wildman–Crippen MR) is 55.2 cm³/mol. The van der Waals surface area contributed by atoms with Gasteiger partial charge in [-0.2, -0.15) is 0 Å². The third kappa shape index (κ3) is 22.5. The number of hydrogen-bond acceptors (Lipinski definition) is 4. The van der Waals surface area contributed by atoms with E-state index in [2.05, 4.69) is 38.0 Å². The van der Waals surface area contributed by atoms with Gasteiger partial charge in [-0.3, -0.25) is 0 Å². The van der Waals surface area contributed by atoms with Crippen LogP contribution in [0, 0.1) is 0 Å². The van der Waals surface area contributed by atoms with Gasteiger partial charge in [-0.05, 0) is 28.2 Å². The molecule has 0 rings (SSSR count). The molecule has 0 radical (unpaired) electrons. The summed E-state index contributed by atoms with van der Waals surface area (Å²) in [5, 5.41) is 0. The molecule has 0 aliphatic carbocycles. The maximum Gasteiger partial charge on any atom is 0.0103 e. The summed E-state index contributed by atoms with van der Waals surface area (Å²) in [6, 6.07) is 0. The Morgan fingerprint density at radius 2 is 1.00 bits per heavy atom. The Labute approximate surface area is 76.5 Å². The minimum absolute atomic E-state index is 0.597. The maximum absolute atomic E-state index is 4.90. The third-order valence-corrected chi connectivity index (χ3v) is 1.16. The largest absolute Gasteiger partial charge is 0.329 e. The quantitative estimate of drug-likeness (QED) is 0.578. The number of nitrogens with zero attached hydrogens (tertiary/aromatic N) is 2. The van der Waals surface area contributed by atoms with Gasteiger partial charge in [0.1, 0.15) is 0 Å². The molecule has 0 heterocycles.